The van der Waals surface area contributed by atoms with Crippen LogP contribution in [-0.2, 0) is 6.42 Å². The van der Waals surface area contributed by atoms with E-state index in [0.717, 1.165) is 30.6 Å². The molecule has 1 saturated heterocycles. The van der Waals surface area contributed by atoms with Crippen molar-refractivity contribution >= 4 is 17.5 Å². The molecule has 1 aromatic carbocycles. The van der Waals surface area contributed by atoms with Gasteiger partial charge in [0.1, 0.15) is 11.8 Å². The van der Waals surface area contributed by atoms with Gasteiger partial charge in [0.15, 0.2) is 0 Å². The van der Waals surface area contributed by atoms with Crippen LogP contribution >= 0.6 is 11.6 Å². The molecule has 138 valence electrons. The highest BCUT2D eigenvalue weighted by Gasteiger charge is 2.32. The highest BCUT2D eigenvalue weighted by molar-refractivity contribution is 6.30. The highest BCUT2D eigenvalue weighted by atomic mass is 35.5. The Labute approximate surface area is 162 Å². The molecular weight excluding hydrogens is 364 g/mol. The number of oxazole rings is 1. The lowest BCUT2D eigenvalue weighted by molar-refractivity contribution is 0.0569. The minimum Gasteiger partial charge on any atom is -0.443 e. The summed E-state index contributed by atoms with van der Waals surface area (Å²) in [4.78, 5) is 19.2. The van der Waals surface area contributed by atoms with Crippen molar-refractivity contribution in [2.45, 2.75) is 31.7 Å². The second-order valence-corrected chi connectivity index (χ2v) is 7.05. The van der Waals surface area contributed by atoms with Crippen LogP contribution in [0.1, 0.15) is 52.9 Å². The summed E-state index contributed by atoms with van der Waals surface area (Å²) in [5.41, 5.74) is 1.59. The molecule has 1 aliphatic rings. The van der Waals surface area contributed by atoms with E-state index in [0.29, 0.717) is 29.4 Å². The molecule has 2 aromatic heterocycles. The molecule has 27 heavy (non-hydrogen) atoms. The number of hydrogen-bond acceptors (Lipinski definition) is 5. The number of rotatable bonds is 4. The maximum atomic E-state index is 12.9. The Balaban J connectivity index is 1.54. The maximum absolute atomic E-state index is 12.9. The summed E-state index contributed by atoms with van der Waals surface area (Å²) in [7, 11) is 0. The molecule has 0 bridgehead atoms. The summed E-state index contributed by atoms with van der Waals surface area (Å²) in [5, 5.41) is 8.24. The molecule has 0 N–H and O–H groups in total. The predicted molar refractivity (Wildman–Crippen MR) is 100 cm³/mol. The van der Waals surface area contributed by atoms with Gasteiger partial charge < -0.3 is 9.32 Å². The average molecular weight is 383 g/mol. The zero-order valence-corrected chi connectivity index (χ0v) is 15.5. The first-order chi connectivity index (χ1) is 13.2. The standard InChI is InChI=1S/C20H19ClN4O2/c21-16-5-3-4-14(10-16)11-17-13-22-19(27-17)18-6-1-2-9-25(18)20(26)15-7-8-23-24-12-15/h3-5,7-8,10,12-13,18H,1-2,6,9,11H2/t18-/m0/s1. The molecule has 3 aromatic rings. The maximum Gasteiger partial charge on any atom is 0.256 e. The Morgan fingerprint density at radius 3 is 2.96 bits per heavy atom. The first-order valence-electron chi connectivity index (χ1n) is 8.97. The molecule has 1 aliphatic heterocycles. The van der Waals surface area contributed by atoms with Gasteiger partial charge in [-0.2, -0.15) is 10.2 Å². The third kappa shape index (κ3) is 4.01. The first-order valence-corrected chi connectivity index (χ1v) is 9.35. The largest absolute Gasteiger partial charge is 0.443 e. The molecule has 1 atom stereocenters. The van der Waals surface area contributed by atoms with Crippen molar-refractivity contribution in [2.75, 3.05) is 6.54 Å². The summed E-state index contributed by atoms with van der Waals surface area (Å²) in [6.45, 7) is 0.678. The van der Waals surface area contributed by atoms with Gasteiger partial charge in [0.05, 0.1) is 24.2 Å². The molecule has 1 fully saturated rings. The third-order valence-corrected chi connectivity index (χ3v) is 4.95. The molecule has 6 nitrogen and oxygen atoms in total. The van der Waals surface area contributed by atoms with Crippen LogP contribution in [0.25, 0.3) is 0 Å². The minimum atomic E-state index is -0.160. The van der Waals surface area contributed by atoms with Crippen molar-refractivity contribution < 1.29 is 9.21 Å². The number of amides is 1. The molecule has 0 saturated carbocycles. The van der Waals surface area contributed by atoms with E-state index in [1.807, 2.05) is 29.2 Å². The molecule has 0 aliphatic carbocycles. The quantitative estimate of drug-likeness (QED) is 0.679. The average Bonchev–Trinajstić information content (AvgIpc) is 3.16. The van der Waals surface area contributed by atoms with Crippen LogP contribution in [0.3, 0.4) is 0 Å². The highest BCUT2D eigenvalue weighted by Crippen LogP contribution is 2.32. The number of carbonyl (C=O) groups is 1. The Morgan fingerprint density at radius 1 is 1.22 bits per heavy atom. The van der Waals surface area contributed by atoms with E-state index >= 15 is 0 Å². The van der Waals surface area contributed by atoms with Crippen LogP contribution in [0.2, 0.25) is 5.02 Å². The summed E-state index contributed by atoms with van der Waals surface area (Å²) in [6, 6.07) is 9.20. The van der Waals surface area contributed by atoms with Crippen LogP contribution in [0.4, 0.5) is 0 Å². The molecule has 0 radical (unpaired) electrons. The van der Waals surface area contributed by atoms with Gasteiger partial charge in [-0.3, -0.25) is 4.79 Å². The van der Waals surface area contributed by atoms with E-state index in [1.54, 1.807) is 12.3 Å². The fourth-order valence-corrected chi connectivity index (χ4v) is 3.63. The van der Waals surface area contributed by atoms with Crippen molar-refractivity contribution in [1.82, 2.24) is 20.1 Å². The Hall–Kier alpha value is -2.73. The Kier molecular flexibility index (Phi) is 5.16. The number of hydrogen-bond donors (Lipinski definition) is 0. The number of carbonyl (C=O) groups excluding carboxylic acids is 1. The lowest BCUT2D eigenvalue weighted by atomic mass is 10.0. The summed E-state index contributed by atoms with van der Waals surface area (Å²) < 4.78 is 6.01. The topological polar surface area (TPSA) is 72.1 Å². The van der Waals surface area contributed by atoms with Gasteiger partial charge in [-0.25, -0.2) is 4.98 Å². The number of piperidine rings is 1. The molecule has 1 amide bonds. The first kappa shape index (κ1) is 17.7. The van der Waals surface area contributed by atoms with E-state index in [2.05, 4.69) is 15.2 Å². The van der Waals surface area contributed by atoms with E-state index in [4.69, 9.17) is 16.0 Å². The number of likely N-dealkylation sites (tertiary alicyclic amines) is 1. The lowest BCUT2D eigenvalue weighted by Crippen LogP contribution is -2.38. The van der Waals surface area contributed by atoms with Crippen molar-refractivity contribution in [3.05, 3.63) is 76.7 Å². The SMILES string of the molecule is O=C(c1ccnnc1)N1CCCC[C@H]1c1ncc(Cc2cccc(Cl)c2)o1. The van der Waals surface area contributed by atoms with E-state index in [1.165, 1.54) is 12.4 Å². The zero-order valence-electron chi connectivity index (χ0n) is 14.7. The van der Waals surface area contributed by atoms with Crippen molar-refractivity contribution in [3.63, 3.8) is 0 Å². The molecule has 4 rings (SSSR count). The molecule has 0 unspecified atom stereocenters. The van der Waals surface area contributed by atoms with E-state index in [-0.39, 0.29) is 11.9 Å². The van der Waals surface area contributed by atoms with Crippen molar-refractivity contribution in [1.29, 1.82) is 0 Å². The lowest BCUT2D eigenvalue weighted by Gasteiger charge is -2.33. The van der Waals surface area contributed by atoms with Gasteiger partial charge in [0.25, 0.3) is 5.91 Å². The fraction of sp³-hybridized carbons (Fsp3) is 0.300. The summed E-state index contributed by atoms with van der Waals surface area (Å²) >= 11 is 6.05. The molecule has 3 heterocycles. The van der Waals surface area contributed by atoms with Gasteiger partial charge in [0.2, 0.25) is 5.89 Å². The van der Waals surface area contributed by atoms with Gasteiger partial charge in [-0.1, -0.05) is 23.7 Å². The molecular formula is C20H19ClN4O2. The van der Waals surface area contributed by atoms with Gasteiger partial charge in [0, 0.05) is 18.0 Å². The summed E-state index contributed by atoms with van der Waals surface area (Å²) in [5.74, 6) is 1.28. The smallest absolute Gasteiger partial charge is 0.256 e. The Bertz CT molecular complexity index is 928. The summed E-state index contributed by atoms with van der Waals surface area (Å²) in [6.07, 6.45) is 8.21. The third-order valence-electron chi connectivity index (χ3n) is 4.72. The van der Waals surface area contributed by atoms with Gasteiger partial charge >= 0.3 is 0 Å². The van der Waals surface area contributed by atoms with Crippen LogP contribution < -0.4 is 0 Å². The van der Waals surface area contributed by atoms with Gasteiger partial charge in [-0.15, -0.1) is 0 Å². The second kappa shape index (κ2) is 7.88. The number of benzene rings is 1. The second-order valence-electron chi connectivity index (χ2n) is 6.61. The monoisotopic (exact) mass is 382 g/mol. The number of nitrogens with zero attached hydrogens (tertiary/aromatic N) is 4. The van der Waals surface area contributed by atoms with Crippen molar-refractivity contribution in [3.8, 4) is 0 Å². The van der Waals surface area contributed by atoms with Crippen molar-refractivity contribution in [2.24, 2.45) is 0 Å². The fourth-order valence-electron chi connectivity index (χ4n) is 3.42. The normalized spacial score (nSPS) is 17.1. The Morgan fingerprint density at radius 2 is 2.15 bits per heavy atom. The number of aromatic nitrogens is 3. The predicted octanol–water partition coefficient (Wildman–Crippen LogP) is 4.08. The minimum absolute atomic E-state index is 0.0656. The zero-order chi connectivity index (χ0) is 18.6. The molecule has 7 heteroatoms. The van der Waals surface area contributed by atoms with Gasteiger partial charge in [-0.05, 0) is 43.0 Å². The number of halogens is 1. The van der Waals surface area contributed by atoms with Crippen LogP contribution in [0, 0.1) is 0 Å². The van der Waals surface area contributed by atoms with Crippen LogP contribution in [0.15, 0.2) is 53.3 Å². The van der Waals surface area contributed by atoms with Crippen LogP contribution in [-0.4, -0.2) is 32.5 Å². The molecule has 0 spiro atoms. The van der Waals surface area contributed by atoms with E-state index in [9.17, 15) is 4.79 Å². The van der Waals surface area contributed by atoms with E-state index < -0.39 is 0 Å². The van der Waals surface area contributed by atoms with Crippen LogP contribution in [0.5, 0.6) is 0 Å².